The molecule has 0 saturated heterocycles. The van der Waals surface area contributed by atoms with E-state index in [1.807, 2.05) is 6.07 Å². The first-order chi connectivity index (χ1) is 15.4. The molecular weight excluding hydrogens is 416 g/mol. The maximum Gasteiger partial charge on any atom is 0.387 e. The number of rotatable bonds is 7. The monoisotopic (exact) mass is 448 g/mol. The van der Waals surface area contributed by atoms with Crippen LogP contribution in [0.5, 0.6) is 5.75 Å². The predicted octanol–water partition coefficient (Wildman–Crippen LogP) is 8.72. The lowest BCUT2D eigenvalue weighted by molar-refractivity contribution is -0.0521. The lowest BCUT2D eigenvalue weighted by Crippen LogP contribution is -2.30. The quantitative estimate of drug-likeness (QED) is 0.385. The Hall–Kier alpha value is -2.04. The molecule has 32 heavy (non-hydrogen) atoms. The third-order valence-corrected chi connectivity index (χ3v) is 7.61. The van der Waals surface area contributed by atoms with E-state index in [0.717, 1.165) is 48.3 Å². The molecular formula is C27H32F4O. The van der Waals surface area contributed by atoms with Gasteiger partial charge in [0.05, 0.1) is 0 Å². The minimum atomic E-state index is -3.10. The highest BCUT2D eigenvalue weighted by atomic mass is 19.3. The molecule has 4 atom stereocenters. The van der Waals surface area contributed by atoms with E-state index < -0.39 is 24.0 Å². The number of hydrogen-bond acceptors (Lipinski definition) is 1. The Morgan fingerprint density at radius 2 is 1.69 bits per heavy atom. The van der Waals surface area contributed by atoms with Crippen molar-refractivity contribution in [1.82, 2.24) is 0 Å². The molecule has 0 aromatic heterocycles. The Morgan fingerprint density at radius 1 is 0.906 bits per heavy atom. The highest BCUT2D eigenvalue weighted by Gasteiger charge is 2.35. The number of benzene rings is 2. The topological polar surface area (TPSA) is 9.23 Å². The van der Waals surface area contributed by atoms with Gasteiger partial charge in [0, 0.05) is 5.56 Å². The van der Waals surface area contributed by atoms with Gasteiger partial charge in [-0.05, 0) is 85.1 Å². The van der Waals surface area contributed by atoms with Gasteiger partial charge in [-0.15, -0.1) is 0 Å². The summed E-state index contributed by atoms with van der Waals surface area (Å²) >= 11 is 0. The Kier molecular flexibility index (Phi) is 7.42. The van der Waals surface area contributed by atoms with E-state index in [9.17, 15) is 17.6 Å². The van der Waals surface area contributed by atoms with Crippen molar-refractivity contribution in [3.8, 4) is 16.9 Å². The molecule has 0 aliphatic heterocycles. The lowest BCUT2D eigenvalue weighted by atomic mass is 9.63. The van der Waals surface area contributed by atoms with Crippen LogP contribution in [0.3, 0.4) is 0 Å². The predicted molar refractivity (Wildman–Crippen MR) is 119 cm³/mol. The van der Waals surface area contributed by atoms with Crippen LogP contribution in [-0.4, -0.2) is 6.61 Å². The van der Waals surface area contributed by atoms with Gasteiger partial charge in [-0.2, -0.15) is 8.78 Å². The van der Waals surface area contributed by atoms with Crippen LogP contribution in [0, 0.1) is 29.4 Å². The van der Waals surface area contributed by atoms with Crippen LogP contribution in [-0.2, 0) is 0 Å². The van der Waals surface area contributed by atoms with E-state index in [-0.39, 0.29) is 5.56 Å². The second kappa shape index (κ2) is 10.3. The van der Waals surface area contributed by atoms with E-state index >= 15 is 0 Å². The van der Waals surface area contributed by atoms with Crippen molar-refractivity contribution in [3.05, 3.63) is 53.6 Å². The Balaban J connectivity index is 1.43. The van der Waals surface area contributed by atoms with Gasteiger partial charge in [-0.25, -0.2) is 8.78 Å². The van der Waals surface area contributed by atoms with Crippen molar-refractivity contribution in [2.45, 2.75) is 77.2 Å². The molecule has 0 N–H and O–H groups in total. The number of unbranched alkanes of at least 4 members (excludes halogenated alkanes) is 1. The van der Waals surface area contributed by atoms with Crippen molar-refractivity contribution in [1.29, 1.82) is 0 Å². The number of ether oxygens (including phenoxy) is 1. The summed E-state index contributed by atoms with van der Waals surface area (Å²) in [6.07, 6.45) is 11.4. The molecule has 174 valence electrons. The number of hydrogen-bond donors (Lipinski definition) is 0. The summed E-state index contributed by atoms with van der Waals surface area (Å²) in [7, 11) is 0. The van der Waals surface area contributed by atoms with Gasteiger partial charge in [0.25, 0.3) is 0 Å². The molecule has 2 saturated carbocycles. The lowest BCUT2D eigenvalue weighted by Gasteiger charge is -2.42. The zero-order valence-electron chi connectivity index (χ0n) is 18.6. The summed E-state index contributed by atoms with van der Waals surface area (Å²) in [6, 6.07) is 8.76. The van der Waals surface area contributed by atoms with Crippen molar-refractivity contribution < 1.29 is 22.3 Å². The van der Waals surface area contributed by atoms with Crippen LogP contribution >= 0.6 is 0 Å². The molecule has 2 aliphatic carbocycles. The molecule has 1 unspecified atom stereocenters. The van der Waals surface area contributed by atoms with Gasteiger partial charge in [0.1, 0.15) is 5.82 Å². The zero-order valence-corrected chi connectivity index (χ0v) is 18.6. The summed E-state index contributed by atoms with van der Waals surface area (Å²) in [5, 5.41) is 0. The molecule has 2 aromatic rings. The summed E-state index contributed by atoms with van der Waals surface area (Å²) in [6.45, 7) is -0.845. The molecule has 5 heteroatoms. The average Bonchev–Trinajstić information content (AvgIpc) is 2.78. The standard InChI is InChI=1S/C27H32F4O/c1-2-3-4-17-5-6-19-14-20(8-7-18(19)13-17)21-9-11-23(24(28)15-21)22-10-12-26(25(29)16-22)32-27(30)31/h9-12,15-20,27H,2-8,13-14H2,1H3/t17?,18-,19-,20-/m1/s1. The first kappa shape index (κ1) is 23.1. The van der Waals surface area contributed by atoms with Gasteiger partial charge in [-0.3, -0.25) is 0 Å². The van der Waals surface area contributed by atoms with Crippen molar-refractivity contribution >= 4 is 0 Å². The Bertz CT molecular complexity index is 913. The minimum absolute atomic E-state index is 0.265. The van der Waals surface area contributed by atoms with Gasteiger partial charge in [0.2, 0.25) is 0 Å². The van der Waals surface area contributed by atoms with E-state index in [0.29, 0.717) is 11.5 Å². The summed E-state index contributed by atoms with van der Waals surface area (Å²) in [5.41, 5.74) is 1.58. The maximum atomic E-state index is 15.0. The van der Waals surface area contributed by atoms with E-state index in [1.54, 1.807) is 12.1 Å². The van der Waals surface area contributed by atoms with Crippen LogP contribution in [0.2, 0.25) is 0 Å². The molecule has 4 rings (SSSR count). The first-order valence-corrected chi connectivity index (χ1v) is 12.0. The average molecular weight is 449 g/mol. The van der Waals surface area contributed by atoms with Crippen molar-refractivity contribution in [2.24, 2.45) is 17.8 Å². The van der Waals surface area contributed by atoms with Gasteiger partial charge in [-0.1, -0.05) is 50.8 Å². The Labute approximate surface area is 188 Å². The first-order valence-electron chi connectivity index (χ1n) is 12.0. The highest BCUT2D eigenvalue weighted by molar-refractivity contribution is 5.65. The molecule has 0 heterocycles. The fraction of sp³-hybridized carbons (Fsp3) is 0.556. The van der Waals surface area contributed by atoms with E-state index in [2.05, 4.69) is 11.7 Å². The van der Waals surface area contributed by atoms with Crippen LogP contribution in [0.15, 0.2) is 36.4 Å². The SMILES string of the molecule is CCCCC1CC[C@@H]2C[C@H](c3ccc(-c4ccc(OC(F)F)c(F)c4)c(F)c3)CC[C@@H]2C1. The van der Waals surface area contributed by atoms with E-state index in [1.165, 1.54) is 51.0 Å². The molecule has 2 aliphatic rings. The summed E-state index contributed by atoms with van der Waals surface area (Å²) < 4.78 is 57.8. The second-order valence-corrected chi connectivity index (χ2v) is 9.61. The Morgan fingerprint density at radius 3 is 2.41 bits per heavy atom. The highest BCUT2D eigenvalue weighted by Crippen LogP contribution is 2.48. The smallest absolute Gasteiger partial charge is 0.387 e. The fourth-order valence-electron chi connectivity index (χ4n) is 5.92. The summed E-state index contributed by atoms with van der Waals surface area (Å²) in [5.74, 6) is 0.942. The number of alkyl halides is 2. The largest absolute Gasteiger partial charge is 0.432 e. The van der Waals surface area contributed by atoms with Crippen molar-refractivity contribution in [2.75, 3.05) is 0 Å². The molecule has 0 amide bonds. The molecule has 0 spiro atoms. The molecule has 1 nitrogen and oxygen atoms in total. The molecule has 0 bridgehead atoms. The zero-order chi connectivity index (χ0) is 22.7. The fourth-order valence-corrected chi connectivity index (χ4v) is 5.92. The van der Waals surface area contributed by atoms with E-state index in [4.69, 9.17) is 0 Å². The molecule has 2 fully saturated rings. The number of halogens is 4. The second-order valence-electron chi connectivity index (χ2n) is 9.61. The normalized spacial score (nSPS) is 25.6. The number of fused-ring (bicyclic) bond motifs is 1. The van der Waals surface area contributed by atoms with Gasteiger partial charge < -0.3 is 4.74 Å². The molecule has 2 aromatic carbocycles. The van der Waals surface area contributed by atoms with Crippen LogP contribution in [0.25, 0.3) is 11.1 Å². The van der Waals surface area contributed by atoms with Crippen LogP contribution < -0.4 is 4.74 Å². The van der Waals surface area contributed by atoms with Gasteiger partial charge >= 0.3 is 6.61 Å². The molecule has 0 radical (unpaired) electrons. The third kappa shape index (κ3) is 5.29. The maximum absolute atomic E-state index is 15.0. The third-order valence-electron chi connectivity index (χ3n) is 7.61. The van der Waals surface area contributed by atoms with Crippen LogP contribution in [0.4, 0.5) is 17.6 Å². The minimum Gasteiger partial charge on any atom is -0.432 e. The van der Waals surface area contributed by atoms with Crippen LogP contribution in [0.1, 0.15) is 76.2 Å². The van der Waals surface area contributed by atoms with Gasteiger partial charge in [0.15, 0.2) is 11.6 Å². The summed E-state index contributed by atoms with van der Waals surface area (Å²) in [4.78, 5) is 0. The van der Waals surface area contributed by atoms with Crippen molar-refractivity contribution in [3.63, 3.8) is 0 Å².